The van der Waals surface area contributed by atoms with Gasteiger partial charge in [0.25, 0.3) is 0 Å². The van der Waals surface area contributed by atoms with E-state index in [1.807, 2.05) is 0 Å². The number of carbonyl (C=O) groups is 3. The van der Waals surface area contributed by atoms with Gasteiger partial charge in [-0.3, -0.25) is 4.79 Å². The first-order valence-corrected chi connectivity index (χ1v) is 5.95. The lowest BCUT2D eigenvalue weighted by Crippen LogP contribution is -2.44. The molecule has 19 heavy (non-hydrogen) atoms. The van der Waals surface area contributed by atoms with Crippen LogP contribution in [0.15, 0.2) is 0 Å². The number of amides is 2. The van der Waals surface area contributed by atoms with Gasteiger partial charge in [0.2, 0.25) is 5.91 Å². The molecule has 0 saturated heterocycles. The van der Waals surface area contributed by atoms with Crippen molar-refractivity contribution in [2.75, 3.05) is 14.1 Å². The molecular formula is C12H22N2O5. The third-order valence-corrected chi connectivity index (χ3v) is 2.13. The van der Waals surface area contributed by atoms with Gasteiger partial charge in [0, 0.05) is 20.5 Å². The van der Waals surface area contributed by atoms with E-state index in [1.54, 1.807) is 34.9 Å². The van der Waals surface area contributed by atoms with Crippen LogP contribution in [0.3, 0.4) is 0 Å². The molecule has 0 aromatic carbocycles. The molecule has 0 aliphatic rings. The number of alkyl carbamates (subject to hydrolysis) is 1. The summed E-state index contributed by atoms with van der Waals surface area (Å²) >= 11 is 0. The minimum Gasteiger partial charge on any atom is -0.480 e. The van der Waals surface area contributed by atoms with Gasteiger partial charge in [-0.05, 0) is 27.2 Å². The Morgan fingerprint density at radius 1 is 1.26 bits per heavy atom. The van der Waals surface area contributed by atoms with Crippen molar-refractivity contribution in [2.45, 2.75) is 45.3 Å². The van der Waals surface area contributed by atoms with E-state index in [9.17, 15) is 14.4 Å². The van der Waals surface area contributed by atoms with E-state index in [1.165, 1.54) is 4.90 Å². The zero-order valence-corrected chi connectivity index (χ0v) is 12.0. The van der Waals surface area contributed by atoms with E-state index in [0.717, 1.165) is 0 Å². The van der Waals surface area contributed by atoms with Gasteiger partial charge < -0.3 is 20.1 Å². The zero-order valence-electron chi connectivity index (χ0n) is 12.0. The highest BCUT2D eigenvalue weighted by molar-refractivity contribution is 5.81. The number of nitrogens with one attached hydrogen (secondary N) is 1. The molecule has 0 rings (SSSR count). The number of ether oxygens (including phenoxy) is 1. The molecule has 0 spiro atoms. The molecule has 2 N–H and O–H groups in total. The van der Waals surface area contributed by atoms with Crippen molar-refractivity contribution in [3.8, 4) is 0 Å². The van der Waals surface area contributed by atoms with Crippen LogP contribution in [0, 0.1) is 0 Å². The Bertz CT molecular complexity index is 347. The van der Waals surface area contributed by atoms with E-state index >= 15 is 0 Å². The predicted octanol–water partition coefficient (Wildman–Crippen LogP) is 0.833. The second-order valence-electron chi connectivity index (χ2n) is 5.36. The van der Waals surface area contributed by atoms with Crippen LogP contribution in [0.25, 0.3) is 0 Å². The van der Waals surface area contributed by atoms with Gasteiger partial charge in [-0.1, -0.05) is 0 Å². The van der Waals surface area contributed by atoms with Crippen LogP contribution in [0.1, 0.15) is 33.6 Å². The molecule has 0 unspecified atom stereocenters. The topological polar surface area (TPSA) is 95.9 Å². The van der Waals surface area contributed by atoms with E-state index in [-0.39, 0.29) is 18.7 Å². The fourth-order valence-electron chi connectivity index (χ4n) is 1.20. The van der Waals surface area contributed by atoms with Crippen LogP contribution in [0.4, 0.5) is 4.79 Å². The molecule has 2 amide bonds. The number of rotatable bonds is 5. The van der Waals surface area contributed by atoms with E-state index in [2.05, 4.69) is 5.32 Å². The molecule has 0 aromatic rings. The first-order chi connectivity index (χ1) is 8.53. The Kier molecular flexibility index (Phi) is 6.31. The lowest BCUT2D eigenvalue weighted by atomic mass is 10.1. The van der Waals surface area contributed by atoms with E-state index in [4.69, 9.17) is 9.84 Å². The molecule has 0 bridgehead atoms. The quantitative estimate of drug-likeness (QED) is 0.774. The lowest BCUT2D eigenvalue weighted by Gasteiger charge is -2.22. The minimum absolute atomic E-state index is 0.0194. The molecule has 0 heterocycles. The Hall–Kier alpha value is -1.79. The SMILES string of the molecule is CN(C)C(=O)CC[C@@H](NC(=O)OC(C)(C)C)C(=O)O. The van der Waals surface area contributed by atoms with Crippen LogP contribution < -0.4 is 5.32 Å². The van der Waals surface area contributed by atoms with E-state index < -0.39 is 23.7 Å². The summed E-state index contributed by atoms with van der Waals surface area (Å²) in [5.41, 5.74) is -0.702. The number of carbonyl (C=O) groups excluding carboxylic acids is 2. The fourth-order valence-corrected chi connectivity index (χ4v) is 1.20. The molecule has 0 aliphatic heterocycles. The van der Waals surface area contributed by atoms with Gasteiger partial charge in [0.05, 0.1) is 0 Å². The largest absolute Gasteiger partial charge is 0.480 e. The van der Waals surface area contributed by atoms with Gasteiger partial charge in [0.1, 0.15) is 11.6 Å². The minimum atomic E-state index is -1.20. The van der Waals surface area contributed by atoms with Crippen LogP contribution >= 0.6 is 0 Å². The monoisotopic (exact) mass is 274 g/mol. The van der Waals surface area contributed by atoms with Crippen LogP contribution in [0.5, 0.6) is 0 Å². The van der Waals surface area contributed by atoms with Crippen molar-refractivity contribution in [1.29, 1.82) is 0 Å². The smallest absolute Gasteiger partial charge is 0.408 e. The molecule has 0 fully saturated rings. The number of aliphatic carboxylic acids is 1. The average Bonchev–Trinajstić information content (AvgIpc) is 2.20. The maximum atomic E-state index is 11.5. The summed E-state index contributed by atoms with van der Waals surface area (Å²) in [5, 5.41) is 11.2. The van der Waals surface area contributed by atoms with Crippen LogP contribution in [0.2, 0.25) is 0 Å². The molecule has 0 aromatic heterocycles. The first kappa shape index (κ1) is 17.2. The lowest BCUT2D eigenvalue weighted by molar-refractivity contribution is -0.140. The molecule has 7 nitrogen and oxygen atoms in total. The fraction of sp³-hybridized carbons (Fsp3) is 0.750. The van der Waals surface area contributed by atoms with Crippen molar-refractivity contribution < 1.29 is 24.2 Å². The first-order valence-electron chi connectivity index (χ1n) is 5.95. The summed E-state index contributed by atoms with van der Waals surface area (Å²) in [6, 6.07) is -1.14. The summed E-state index contributed by atoms with van der Waals surface area (Å²) < 4.78 is 4.96. The number of hydrogen-bond donors (Lipinski definition) is 2. The molecule has 110 valence electrons. The second-order valence-corrected chi connectivity index (χ2v) is 5.36. The highest BCUT2D eigenvalue weighted by Gasteiger charge is 2.24. The van der Waals surface area contributed by atoms with Gasteiger partial charge in [-0.2, -0.15) is 0 Å². The van der Waals surface area contributed by atoms with Crippen molar-refractivity contribution in [1.82, 2.24) is 10.2 Å². The number of carboxylic acids is 1. The normalized spacial score (nSPS) is 12.5. The Morgan fingerprint density at radius 3 is 2.16 bits per heavy atom. The van der Waals surface area contributed by atoms with Crippen LogP contribution in [-0.4, -0.2) is 53.7 Å². The Labute approximate surface area is 112 Å². The summed E-state index contributed by atoms with van der Waals surface area (Å²) in [5.74, 6) is -1.39. The average molecular weight is 274 g/mol. The Balaban J connectivity index is 4.39. The molecule has 0 radical (unpaired) electrons. The summed E-state index contributed by atoms with van der Waals surface area (Å²) in [7, 11) is 3.17. The molecule has 7 heteroatoms. The summed E-state index contributed by atoms with van der Waals surface area (Å²) in [6.45, 7) is 5.04. The van der Waals surface area contributed by atoms with Gasteiger partial charge in [0.15, 0.2) is 0 Å². The number of hydrogen-bond acceptors (Lipinski definition) is 4. The summed E-state index contributed by atoms with van der Waals surface area (Å²) in [6.07, 6.45) is -0.747. The Morgan fingerprint density at radius 2 is 1.79 bits per heavy atom. The maximum Gasteiger partial charge on any atom is 0.408 e. The van der Waals surface area contributed by atoms with Crippen LogP contribution in [-0.2, 0) is 14.3 Å². The van der Waals surface area contributed by atoms with Gasteiger partial charge >= 0.3 is 12.1 Å². The zero-order chi connectivity index (χ0) is 15.2. The van der Waals surface area contributed by atoms with Gasteiger partial charge in [-0.15, -0.1) is 0 Å². The molecule has 0 saturated carbocycles. The third kappa shape index (κ3) is 8.01. The molecule has 1 atom stereocenters. The van der Waals surface area contributed by atoms with Crippen molar-refractivity contribution in [2.24, 2.45) is 0 Å². The van der Waals surface area contributed by atoms with Crippen molar-refractivity contribution in [3.63, 3.8) is 0 Å². The number of nitrogens with zero attached hydrogens (tertiary/aromatic N) is 1. The number of carboxylic acid groups (broad SMARTS) is 1. The van der Waals surface area contributed by atoms with Crippen molar-refractivity contribution in [3.05, 3.63) is 0 Å². The van der Waals surface area contributed by atoms with Gasteiger partial charge in [-0.25, -0.2) is 9.59 Å². The standard InChI is InChI=1S/C12H22N2O5/c1-12(2,3)19-11(18)13-8(10(16)17)6-7-9(15)14(4)5/h8H,6-7H2,1-5H3,(H,13,18)(H,16,17)/t8-/m1/s1. The third-order valence-electron chi connectivity index (χ3n) is 2.13. The maximum absolute atomic E-state index is 11.5. The predicted molar refractivity (Wildman–Crippen MR) is 68.7 cm³/mol. The highest BCUT2D eigenvalue weighted by atomic mass is 16.6. The van der Waals surface area contributed by atoms with Crippen molar-refractivity contribution >= 4 is 18.0 Å². The molecular weight excluding hydrogens is 252 g/mol. The highest BCUT2D eigenvalue weighted by Crippen LogP contribution is 2.08. The van der Waals surface area contributed by atoms with E-state index in [0.29, 0.717) is 0 Å². The molecule has 0 aliphatic carbocycles. The second kappa shape index (κ2) is 6.96. The summed E-state index contributed by atoms with van der Waals surface area (Å²) in [4.78, 5) is 35.2.